The average molecular weight is 286 g/mol. The Kier molecular flexibility index (Phi) is 3.70. The minimum Gasteiger partial charge on any atom is -0.326 e. The highest BCUT2D eigenvalue weighted by Gasteiger charge is 2.14. The Hall–Kier alpha value is -1.87. The molecular weight excluding hydrogens is 270 g/mol. The van der Waals surface area contributed by atoms with E-state index in [1.54, 1.807) is 0 Å². The van der Waals surface area contributed by atoms with Crippen LogP contribution in [0.4, 0.5) is 0 Å². The largest absolute Gasteiger partial charge is 0.326 e. The Morgan fingerprint density at radius 2 is 1.95 bits per heavy atom. The molecule has 0 saturated heterocycles. The maximum absolute atomic E-state index is 6.26. The predicted molar refractivity (Wildman–Crippen MR) is 81.9 cm³/mol. The van der Waals surface area contributed by atoms with Gasteiger partial charge in [0.2, 0.25) is 0 Å². The molecule has 1 aromatic carbocycles. The van der Waals surface area contributed by atoms with Crippen LogP contribution in [-0.2, 0) is 13.0 Å². The van der Waals surface area contributed by atoms with Crippen molar-refractivity contribution >= 4 is 22.6 Å². The lowest BCUT2D eigenvalue weighted by molar-refractivity contribution is 0.660. The third kappa shape index (κ3) is 2.54. The summed E-state index contributed by atoms with van der Waals surface area (Å²) in [7, 11) is 0. The van der Waals surface area contributed by atoms with E-state index in [9.17, 15) is 0 Å². The first-order valence-corrected chi connectivity index (χ1v) is 7.18. The van der Waals surface area contributed by atoms with Gasteiger partial charge in [-0.15, -0.1) is 11.6 Å². The zero-order valence-corrected chi connectivity index (χ0v) is 12.1. The summed E-state index contributed by atoms with van der Waals surface area (Å²) in [4.78, 5) is 9.00. The fraction of sp³-hybridized carbons (Fsp3) is 0.250. The molecule has 1 atom stereocenters. The van der Waals surface area contributed by atoms with Crippen molar-refractivity contribution in [1.29, 1.82) is 0 Å². The Balaban J connectivity index is 1.95. The number of benzene rings is 1. The minimum atomic E-state index is -0.105. The topological polar surface area (TPSA) is 30.7 Å². The van der Waals surface area contributed by atoms with Gasteiger partial charge in [0.25, 0.3) is 0 Å². The van der Waals surface area contributed by atoms with Crippen molar-refractivity contribution in [2.24, 2.45) is 0 Å². The number of hydrogen-bond donors (Lipinski definition) is 0. The molecule has 3 rings (SSSR count). The number of aryl methyl sites for hydroxylation is 2. The summed E-state index contributed by atoms with van der Waals surface area (Å²) in [6.07, 6.45) is 2.70. The van der Waals surface area contributed by atoms with Crippen molar-refractivity contribution in [3.8, 4) is 0 Å². The molecule has 2 heterocycles. The lowest BCUT2D eigenvalue weighted by Gasteiger charge is -2.10. The second-order valence-corrected chi connectivity index (χ2v) is 5.45. The van der Waals surface area contributed by atoms with Crippen molar-refractivity contribution in [2.45, 2.75) is 25.3 Å². The summed E-state index contributed by atoms with van der Waals surface area (Å²) in [6.45, 7) is 2.80. The third-order valence-electron chi connectivity index (χ3n) is 3.36. The van der Waals surface area contributed by atoms with Crippen LogP contribution < -0.4 is 0 Å². The second-order valence-electron chi connectivity index (χ2n) is 4.80. The standard InChI is InChI=1S/C16H16ClN3/c1-12(17)16-19-14-7-2-3-8-15(14)20(16)11-9-13-6-4-5-10-18-13/h2-8,10,12H,9,11H2,1H3. The molecular formula is C16H16ClN3. The number of imidazole rings is 1. The fourth-order valence-electron chi connectivity index (χ4n) is 2.41. The molecule has 1 unspecified atom stereocenters. The molecule has 0 amide bonds. The van der Waals surface area contributed by atoms with Crippen LogP contribution in [0.3, 0.4) is 0 Å². The van der Waals surface area contributed by atoms with E-state index in [-0.39, 0.29) is 5.38 Å². The van der Waals surface area contributed by atoms with E-state index in [2.05, 4.69) is 20.6 Å². The zero-order valence-electron chi connectivity index (χ0n) is 11.3. The SMILES string of the molecule is CC(Cl)c1nc2ccccc2n1CCc1ccccn1. The van der Waals surface area contributed by atoms with Gasteiger partial charge in [0.1, 0.15) is 5.82 Å². The molecule has 0 aliphatic heterocycles. The molecule has 0 N–H and O–H groups in total. The van der Waals surface area contributed by atoms with Crippen LogP contribution in [0.1, 0.15) is 23.8 Å². The molecule has 0 spiro atoms. The highest BCUT2D eigenvalue weighted by molar-refractivity contribution is 6.20. The van der Waals surface area contributed by atoms with Gasteiger partial charge in [-0.1, -0.05) is 18.2 Å². The van der Waals surface area contributed by atoms with Gasteiger partial charge in [0, 0.05) is 24.9 Å². The molecule has 0 saturated carbocycles. The molecule has 20 heavy (non-hydrogen) atoms. The van der Waals surface area contributed by atoms with Crippen molar-refractivity contribution < 1.29 is 0 Å². The Labute approximate surface area is 123 Å². The number of fused-ring (bicyclic) bond motifs is 1. The predicted octanol–water partition coefficient (Wildman–Crippen LogP) is 3.97. The maximum atomic E-state index is 6.26. The molecule has 4 heteroatoms. The number of hydrogen-bond acceptors (Lipinski definition) is 2. The van der Waals surface area contributed by atoms with Crippen LogP contribution in [-0.4, -0.2) is 14.5 Å². The number of aromatic nitrogens is 3. The highest BCUT2D eigenvalue weighted by atomic mass is 35.5. The number of nitrogens with zero attached hydrogens (tertiary/aromatic N) is 3. The smallest absolute Gasteiger partial charge is 0.127 e. The second kappa shape index (κ2) is 5.63. The van der Waals surface area contributed by atoms with Crippen LogP contribution in [0.5, 0.6) is 0 Å². The van der Waals surface area contributed by atoms with E-state index in [0.717, 1.165) is 35.5 Å². The molecule has 3 aromatic rings. The third-order valence-corrected chi connectivity index (χ3v) is 3.55. The van der Waals surface area contributed by atoms with Crippen molar-refractivity contribution in [2.75, 3.05) is 0 Å². The van der Waals surface area contributed by atoms with Gasteiger partial charge in [0.15, 0.2) is 0 Å². The molecule has 102 valence electrons. The highest BCUT2D eigenvalue weighted by Crippen LogP contribution is 2.24. The summed E-state index contributed by atoms with van der Waals surface area (Å²) < 4.78 is 2.20. The zero-order chi connectivity index (χ0) is 13.9. The molecule has 2 aromatic heterocycles. The number of rotatable bonds is 4. The van der Waals surface area contributed by atoms with Crippen molar-refractivity contribution in [1.82, 2.24) is 14.5 Å². The van der Waals surface area contributed by atoms with Gasteiger partial charge in [-0.3, -0.25) is 4.98 Å². The first-order valence-electron chi connectivity index (χ1n) is 6.75. The fourth-order valence-corrected chi connectivity index (χ4v) is 2.57. The molecule has 0 radical (unpaired) electrons. The van der Waals surface area contributed by atoms with Crippen molar-refractivity contribution in [3.05, 3.63) is 60.2 Å². The van der Waals surface area contributed by atoms with Crippen LogP contribution >= 0.6 is 11.6 Å². The first kappa shape index (κ1) is 13.1. The van der Waals surface area contributed by atoms with Gasteiger partial charge < -0.3 is 4.57 Å². The van der Waals surface area contributed by atoms with Crippen molar-refractivity contribution in [3.63, 3.8) is 0 Å². The Bertz CT molecular complexity index is 704. The molecule has 0 aliphatic rings. The monoisotopic (exact) mass is 285 g/mol. The number of halogens is 1. The lowest BCUT2D eigenvalue weighted by atomic mass is 10.2. The summed E-state index contributed by atoms with van der Waals surface area (Å²) in [5.41, 5.74) is 3.21. The Morgan fingerprint density at radius 3 is 2.70 bits per heavy atom. The van der Waals surface area contributed by atoms with Crippen LogP contribution in [0.2, 0.25) is 0 Å². The maximum Gasteiger partial charge on any atom is 0.127 e. The molecule has 0 fully saturated rings. The van der Waals surface area contributed by atoms with Gasteiger partial charge in [0.05, 0.1) is 16.4 Å². The average Bonchev–Trinajstić information content (AvgIpc) is 2.85. The van der Waals surface area contributed by atoms with Crippen LogP contribution in [0, 0.1) is 0 Å². The normalized spacial score (nSPS) is 12.7. The van der Waals surface area contributed by atoms with E-state index < -0.39 is 0 Å². The first-order chi connectivity index (χ1) is 9.75. The summed E-state index contributed by atoms with van der Waals surface area (Å²) in [5, 5.41) is -0.105. The van der Waals surface area contributed by atoms with Gasteiger partial charge >= 0.3 is 0 Å². The Morgan fingerprint density at radius 1 is 1.15 bits per heavy atom. The number of para-hydroxylation sites is 2. The molecule has 0 aliphatic carbocycles. The number of pyridine rings is 1. The van der Waals surface area contributed by atoms with Crippen LogP contribution in [0.15, 0.2) is 48.7 Å². The van der Waals surface area contributed by atoms with Gasteiger partial charge in [-0.2, -0.15) is 0 Å². The number of alkyl halides is 1. The van der Waals surface area contributed by atoms with E-state index in [1.807, 2.05) is 49.5 Å². The summed E-state index contributed by atoms with van der Waals surface area (Å²) in [6, 6.07) is 14.1. The van der Waals surface area contributed by atoms with E-state index in [1.165, 1.54) is 0 Å². The lowest BCUT2D eigenvalue weighted by Crippen LogP contribution is -2.07. The van der Waals surface area contributed by atoms with Crippen LogP contribution in [0.25, 0.3) is 11.0 Å². The quantitative estimate of drug-likeness (QED) is 0.679. The van der Waals surface area contributed by atoms with Gasteiger partial charge in [-0.05, 0) is 31.2 Å². The van der Waals surface area contributed by atoms with E-state index in [4.69, 9.17) is 11.6 Å². The van der Waals surface area contributed by atoms with Gasteiger partial charge in [-0.25, -0.2) is 4.98 Å². The summed E-state index contributed by atoms with van der Waals surface area (Å²) in [5.74, 6) is 0.920. The minimum absolute atomic E-state index is 0.105. The van der Waals surface area contributed by atoms with E-state index >= 15 is 0 Å². The van der Waals surface area contributed by atoms with E-state index in [0.29, 0.717) is 0 Å². The molecule has 0 bridgehead atoms. The molecule has 3 nitrogen and oxygen atoms in total. The summed E-state index contributed by atoms with van der Waals surface area (Å²) >= 11 is 6.26.